The Balaban J connectivity index is 1.85. The van der Waals surface area contributed by atoms with Crippen LogP contribution >= 0.6 is 34.3 Å². The monoisotopic (exact) mass is 502 g/mol. The minimum absolute atomic E-state index is 0.151. The zero-order chi connectivity index (χ0) is 23.7. The first-order chi connectivity index (χ1) is 15.7. The number of anilines is 2. The molecule has 0 aliphatic heterocycles. The molecule has 2 aromatic heterocycles. The smallest absolute Gasteiger partial charge is 0.240 e. The third kappa shape index (κ3) is 5.15. The van der Waals surface area contributed by atoms with Gasteiger partial charge in [-0.1, -0.05) is 64.6 Å². The molecule has 2 N–H and O–H groups in total. The number of hydrogen-bond acceptors (Lipinski definition) is 8. The lowest BCUT2D eigenvalue weighted by atomic mass is 10.0. The number of carbonyl (C=O) groups excluding carboxylic acids is 2. The number of nitrogens with one attached hydrogen (secondary N) is 2. The summed E-state index contributed by atoms with van der Waals surface area (Å²) in [5.74, 6) is -0.301. The van der Waals surface area contributed by atoms with Gasteiger partial charge in [0.25, 0.3) is 0 Å². The molecule has 172 valence electrons. The maximum atomic E-state index is 12.3. The average Bonchev–Trinajstić information content (AvgIpc) is 3.32. The Bertz CT molecular complexity index is 1250. The van der Waals surface area contributed by atoms with Gasteiger partial charge in [-0.15, -0.1) is 0 Å². The van der Waals surface area contributed by atoms with E-state index in [9.17, 15) is 9.59 Å². The van der Waals surface area contributed by atoms with Crippen molar-refractivity contribution in [2.45, 2.75) is 0 Å². The Morgan fingerprint density at radius 3 is 1.73 bits per heavy atom. The minimum atomic E-state index is -0.151. The fraction of sp³-hybridized carbons (Fsp3) is 0.273. The first kappa shape index (κ1) is 23.5. The van der Waals surface area contributed by atoms with E-state index in [0.717, 1.165) is 20.5 Å². The molecule has 4 rings (SSSR count). The summed E-state index contributed by atoms with van der Waals surface area (Å²) in [6.07, 6.45) is 0. The van der Waals surface area contributed by atoms with Crippen molar-refractivity contribution in [3.05, 3.63) is 35.4 Å². The largest absolute Gasteiger partial charge is 0.301 e. The quantitative estimate of drug-likeness (QED) is 0.393. The van der Waals surface area contributed by atoms with E-state index in [2.05, 4.69) is 20.6 Å². The minimum Gasteiger partial charge on any atom is -0.301 e. The number of thiazole rings is 2. The van der Waals surface area contributed by atoms with Gasteiger partial charge in [-0.25, -0.2) is 9.97 Å². The Morgan fingerprint density at radius 1 is 0.848 bits per heavy atom. The van der Waals surface area contributed by atoms with Crippen LogP contribution in [0.5, 0.6) is 0 Å². The third-order valence-electron chi connectivity index (χ3n) is 4.60. The molecule has 33 heavy (non-hydrogen) atoms. The molecular weight excluding hydrogens is 480 g/mol. The maximum absolute atomic E-state index is 12.3. The number of rotatable bonds is 7. The van der Waals surface area contributed by atoms with Crippen molar-refractivity contribution in [3.8, 4) is 11.1 Å². The number of benzene rings is 2. The summed E-state index contributed by atoms with van der Waals surface area (Å²) >= 11 is 9.50. The number of fused-ring (bicyclic) bond motifs is 2. The van der Waals surface area contributed by atoms with E-state index in [4.69, 9.17) is 11.6 Å². The highest BCUT2D eigenvalue weighted by Crippen LogP contribution is 2.47. The number of halogens is 1. The van der Waals surface area contributed by atoms with Gasteiger partial charge in [-0.3, -0.25) is 9.59 Å². The topological polar surface area (TPSA) is 90.5 Å². The highest BCUT2D eigenvalue weighted by molar-refractivity contribution is 7.25. The predicted octanol–water partition coefficient (Wildman–Crippen LogP) is 4.23. The van der Waals surface area contributed by atoms with E-state index in [1.807, 2.05) is 58.5 Å². The van der Waals surface area contributed by atoms with Crippen molar-refractivity contribution in [2.24, 2.45) is 0 Å². The van der Waals surface area contributed by atoms with Crippen LogP contribution in [-0.4, -0.2) is 72.9 Å². The van der Waals surface area contributed by atoms with Crippen LogP contribution in [-0.2, 0) is 9.59 Å². The molecule has 0 radical (unpaired) electrons. The van der Waals surface area contributed by atoms with Gasteiger partial charge in [0.2, 0.25) is 11.8 Å². The van der Waals surface area contributed by atoms with Gasteiger partial charge in [0.15, 0.2) is 10.3 Å². The summed E-state index contributed by atoms with van der Waals surface area (Å²) in [5.41, 5.74) is 3.06. The number of amides is 2. The van der Waals surface area contributed by atoms with Crippen LogP contribution in [0.2, 0.25) is 5.02 Å². The van der Waals surface area contributed by atoms with Gasteiger partial charge >= 0.3 is 0 Å². The molecule has 0 saturated heterocycles. The van der Waals surface area contributed by atoms with Crippen molar-refractivity contribution in [3.63, 3.8) is 0 Å². The predicted molar refractivity (Wildman–Crippen MR) is 138 cm³/mol. The molecule has 0 spiro atoms. The Kier molecular flexibility index (Phi) is 6.91. The van der Waals surface area contributed by atoms with Crippen LogP contribution in [0.4, 0.5) is 10.3 Å². The Labute approximate surface area is 204 Å². The second-order valence-corrected chi connectivity index (χ2v) is 10.4. The highest BCUT2D eigenvalue weighted by Gasteiger charge is 2.23. The lowest BCUT2D eigenvalue weighted by Crippen LogP contribution is -2.26. The van der Waals surface area contributed by atoms with E-state index in [0.29, 0.717) is 26.3 Å². The Morgan fingerprint density at radius 2 is 1.30 bits per heavy atom. The molecule has 0 aliphatic carbocycles. The Hall–Kier alpha value is -2.63. The lowest BCUT2D eigenvalue weighted by Gasteiger charge is -2.07. The molecule has 0 atom stereocenters. The van der Waals surface area contributed by atoms with Crippen molar-refractivity contribution in [1.82, 2.24) is 19.8 Å². The van der Waals surface area contributed by atoms with Gasteiger partial charge < -0.3 is 20.4 Å². The standard InChI is InChI=1S/C22H23ClN6O2S2/c1-28(2)10-13(30)24-21-26-17-16(23)18-20(33-22(27-18)25-14(31)11-29(3)4)15(19(17)32-21)12-8-6-5-7-9-12/h5-9H,10-11H2,1-4H3,(H,24,26,30)(H,25,27,31). The molecule has 0 unspecified atom stereocenters. The first-order valence-electron chi connectivity index (χ1n) is 10.1. The summed E-state index contributed by atoms with van der Waals surface area (Å²) in [6, 6.07) is 9.89. The van der Waals surface area contributed by atoms with Crippen LogP contribution in [0.3, 0.4) is 0 Å². The second kappa shape index (κ2) is 9.70. The lowest BCUT2D eigenvalue weighted by molar-refractivity contribution is -0.117. The van der Waals surface area contributed by atoms with Crippen molar-refractivity contribution in [2.75, 3.05) is 51.9 Å². The molecule has 11 heteroatoms. The number of likely N-dealkylation sites (N-methyl/N-ethyl adjacent to an activating group) is 2. The summed E-state index contributed by atoms with van der Waals surface area (Å²) in [6.45, 7) is 0.504. The van der Waals surface area contributed by atoms with E-state index in [1.54, 1.807) is 9.80 Å². The fourth-order valence-electron chi connectivity index (χ4n) is 3.36. The summed E-state index contributed by atoms with van der Waals surface area (Å²) in [4.78, 5) is 37.3. The first-order valence-corrected chi connectivity index (χ1v) is 12.1. The molecule has 2 amide bonds. The normalized spacial score (nSPS) is 11.6. The van der Waals surface area contributed by atoms with E-state index in [-0.39, 0.29) is 24.9 Å². The second-order valence-electron chi connectivity index (χ2n) is 8.02. The summed E-state index contributed by atoms with van der Waals surface area (Å²) in [7, 11) is 7.32. The van der Waals surface area contributed by atoms with Crippen molar-refractivity contribution < 1.29 is 9.59 Å². The van der Waals surface area contributed by atoms with Gasteiger partial charge in [0, 0.05) is 5.56 Å². The highest BCUT2D eigenvalue weighted by atomic mass is 35.5. The molecule has 4 aromatic rings. The molecule has 0 fully saturated rings. The zero-order valence-electron chi connectivity index (χ0n) is 18.6. The maximum Gasteiger partial charge on any atom is 0.240 e. The number of carbonyl (C=O) groups is 2. The van der Waals surface area contributed by atoms with Crippen molar-refractivity contribution in [1.29, 1.82) is 0 Å². The van der Waals surface area contributed by atoms with Crippen LogP contribution < -0.4 is 10.6 Å². The van der Waals surface area contributed by atoms with E-state index in [1.165, 1.54) is 22.7 Å². The van der Waals surface area contributed by atoms with Gasteiger partial charge in [0.05, 0.1) is 27.5 Å². The zero-order valence-corrected chi connectivity index (χ0v) is 21.0. The average molecular weight is 503 g/mol. The van der Waals surface area contributed by atoms with E-state index < -0.39 is 0 Å². The summed E-state index contributed by atoms with van der Waals surface area (Å²) < 4.78 is 1.71. The van der Waals surface area contributed by atoms with Crippen molar-refractivity contribution >= 4 is 76.8 Å². The van der Waals surface area contributed by atoms with Crippen LogP contribution in [0, 0.1) is 0 Å². The molecule has 0 saturated carbocycles. The fourth-order valence-corrected chi connectivity index (χ4v) is 5.93. The molecule has 8 nitrogen and oxygen atoms in total. The third-order valence-corrected chi connectivity index (χ3v) is 6.93. The van der Waals surface area contributed by atoms with E-state index >= 15 is 0 Å². The van der Waals surface area contributed by atoms with Crippen LogP contribution in [0.25, 0.3) is 31.6 Å². The SMILES string of the molecule is CN(C)CC(=O)Nc1nc2c(Cl)c3nc(NC(=O)CN(C)C)sc3c(-c3ccccc3)c2s1. The van der Waals surface area contributed by atoms with Gasteiger partial charge in [-0.05, 0) is 33.8 Å². The van der Waals surface area contributed by atoms with Gasteiger partial charge in [0.1, 0.15) is 11.0 Å². The number of hydrogen-bond donors (Lipinski definition) is 2. The van der Waals surface area contributed by atoms with Crippen LogP contribution in [0.15, 0.2) is 30.3 Å². The number of nitrogens with zero attached hydrogens (tertiary/aromatic N) is 4. The van der Waals surface area contributed by atoms with Crippen LogP contribution in [0.1, 0.15) is 0 Å². The number of aromatic nitrogens is 2. The molecular formula is C22H23ClN6O2S2. The summed E-state index contributed by atoms with van der Waals surface area (Å²) in [5, 5.41) is 7.08. The molecule has 2 aromatic carbocycles. The molecule has 0 aliphatic rings. The molecule has 2 heterocycles. The van der Waals surface area contributed by atoms with Gasteiger partial charge in [-0.2, -0.15) is 0 Å². The molecule has 0 bridgehead atoms.